The molecule has 0 saturated heterocycles. The Morgan fingerprint density at radius 3 is 2.89 bits per heavy atom. The quantitative estimate of drug-likeness (QED) is 0.486. The SMILES string of the molecule is Cc1onc(-c2c(F)cccc2Cl)c1C(=O)Nc1nnc(-c2ccsc2)s1. The van der Waals surface area contributed by atoms with Gasteiger partial charge in [0.2, 0.25) is 5.13 Å². The van der Waals surface area contributed by atoms with Gasteiger partial charge in [0.15, 0.2) is 0 Å². The highest BCUT2D eigenvalue weighted by atomic mass is 35.5. The Hall–Kier alpha value is -2.62. The number of thiophene rings is 1. The Bertz CT molecular complexity index is 1100. The molecule has 0 aliphatic rings. The van der Waals surface area contributed by atoms with E-state index < -0.39 is 11.7 Å². The number of amides is 1. The van der Waals surface area contributed by atoms with Gasteiger partial charge in [-0.15, -0.1) is 10.2 Å². The van der Waals surface area contributed by atoms with Crippen molar-refractivity contribution in [3.63, 3.8) is 0 Å². The molecular formula is C17H10ClFN4O2S2. The molecule has 0 saturated carbocycles. The van der Waals surface area contributed by atoms with Crippen LogP contribution < -0.4 is 5.32 Å². The minimum absolute atomic E-state index is 0.0115. The molecule has 3 heterocycles. The van der Waals surface area contributed by atoms with Gasteiger partial charge in [-0.25, -0.2) is 4.39 Å². The predicted molar refractivity (Wildman–Crippen MR) is 103 cm³/mol. The first kappa shape index (κ1) is 17.8. The summed E-state index contributed by atoms with van der Waals surface area (Å²) in [7, 11) is 0. The van der Waals surface area contributed by atoms with Gasteiger partial charge in [-0.3, -0.25) is 10.1 Å². The van der Waals surface area contributed by atoms with Crippen molar-refractivity contribution in [3.8, 4) is 21.8 Å². The average Bonchev–Trinajstić information content (AvgIpc) is 3.35. The number of aryl methyl sites for hydroxylation is 1. The predicted octanol–water partition coefficient (Wildman–Crippen LogP) is 5.27. The molecule has 0 aliphatic carbocycles. The number of hydrogen-bond donors (Lipinski definition) is 1. The smallest absolute Gasteiger partial charge is 0.263 e. The van der Waals surface area contributed by atoms with E-state index in [1.165, 1.54) is 29.5 Å². The van der Waals surface area contributed by atoms with E-state index in [0.717, 1.165) is 5.56 Å². The number of anilines is 1. The molecule has 0 aliphatic heterocycles. The lowest BCUT2D eigenvalue weighted by atomic mass is 10.1. The zero-order valence-electron chi connectivity index (χ0n) is 13.7. The Morgan fingerprint density at radius 1 is 1.30 bits per heavy atom. The molecule has 6 nitrogen and oxygen atoms in total. The van der Waals surface area contributed by atoms with Crippen molar-refractivity contribution in [2.45, 2.75) is 6.92 Å². The summed E-state index contributed by atoms with van der Waals surface area (Å²) in [5.74, 6) is -0.888. The van der Waals surface area contributed by atoms with Crippen LogP contribution in [0.4, 0.5) is 9.52 Å². The molecule has 0 unspecified atom stereocenters. The van der Waals surface area contributed by atoms with Gasteiger partial charge in [-0.05, 0) is 30.5 Å². The van der Waals surface area contributed by atoms with Crippen molar-refractivity contribution in [3.05, 3.63) is 57.2 Å². The molecule has 0 radical (unpaired) electrons. The van der Waals surface area contributed by atoms with E-state index in [4.69, 9.17) is 16.1 Å². The van der Waals surface area contributed by atoms with Gasteiger partial charge in [0.25, 0.3) is 5.91 Å². The van der Waals surface area contributed by atoms with E-state index in [1.807, 2.05) is 16.8 Å². The van der Waals surface area contributed by atoms with E-state index >= 15 is 0 Å². The first-order valence-corrected chi connectivity index (χ1v) is 9.76. The highest BCUT2D eigenvalue weighted by molar-refractivity contribution is 7.19. The fourth-order valence-electron chi connectivity index (χ4n) is 2.47. The van der Waals surface area contributed by atoms with Crippen LogP contribution in [0.1, 0.15) is 16.1 Å². The van der Waals surface area contributed by atoms with Crippen molar-refractivity contribution >= 4 is 45.3 Å². The second-order valence-corrected chi connectivity index (χ2v) is 7.60. The lowest BCUT2D eigenvalue weighted by Crippen LogP contribution is -2.13. The van der Waals surface area contributed by atoms with Crippen molar-refractivity contribution in [1.82, 2.24) is 15.4 Å². The second-order valence-electron chi connectivity index (χ2n) is 5.44. The molecule has 1 N–H and O–H groups in total. The molecule has 0 fully saturated rings. The number of benzene rings is 1. The van der Waals surface area contributed by atoms with Gasteiger partial charge in [0.1, 0.15) is 27.8 Å². The molecule has 4 rings (SSSR count). The normalized spacial score (nSPS) is 10.9. The summed E-state index contributed by atoms with van der Waals surface area (Å²) in [6.45, 7) is 1.57. The zero-order chi connectivity index (χ0) is 19.0. The van der Waals surface area contributed by atoms with Gasteiger partial charge >= 0.3 is 0 Å². The summed E-state index contributed by atoms with van der Waals surface area (Å²) in [6.07, 6.45) is 0. The van der Waals surface area contributed by atoms with Crippen LogP contribution in [0.25, 0.3) is 21.8 Å². The fraction of sp³-hybridized carbons (Fsp3) is 0.0588. The largest absolute Gasteiger partial charge is 0.360 e. The Kier molecular flexibility index (Phi) is 4.73. The molecule has 1 aromatic carbocycles. The molecule has 27 heavy (non-hydrogen) atoms. The average molecular weight is 421 g/mol. The lowest BCUT2D eigenvalue weighted by molar-refractivity contribution is 0.102. The first-order valence-electron chi connectivity index (χ1n) is 7.62. The number of rotatable bonds is 4. The Labute approximate surface area is 165 Å². The Morgan fingerprint density at radius 2 is 2.15 bits per heavy atom. The highest BCUT2D eigenvalue weighted by Crippen LogP contribution is 2.34. The van der Waals surface area contributed by atoms with E-state index in [0.29, 0.717) is 10.1 Å². The molecule has 4 aromatic rings. The highest BCUT2D eigenvalue weighted by Gasteiger charge is 2.26. The zero-order valence-corrected chi connectivity index (χ0v) is 16.1. The second kappa shape index (κ2) is 7.18. The first-order chi connectivity index (χ1) is 13.0. The molecular weight excluding hydrogens is 411 g/mol. The van der Waals surface area contributed by atoms with Gasteiger partial charge in [0.05, 0.1) is 10.6 Å². The number of carbonyl (C=O) groups is 1. The van der Waals surface area contributed by atoms with Gasteiger partial charge in [0, 0.05) is 10.9 Å². The summed E-state index contributed by atoms with van der Waals surface area (Å²) in [5.41, 5.74) is 1.07. The van der Waals surface area contributed by atoms with Crippen molar-refractivity contribution in [2.75, 3.05) is 5.32 Å². The van der Waals surface area contributed by atoms with E-state index in [-0.39, 0.29) is 27.6 Å². The molecule has 0 bridgehead atoms. The summed E-state index contributed by atoms with van der Waals surface area (Å²) in [4.78, 5) is 12.8. The summed E-state index contributed by atoms with van der Waals surface area (Å²) < 4.78 is 19.4. The third kappa shape index (κ3) is 3.36. The number of nitrogens with zero attached hydrogens (tertiary/aromatic N) is 3. The van der Waals surface area contributed by atoms with Crippen molar-refractivity contribution in [1.29, 1.82) is 0 Å². The summed E-state index contributed by atoms with van der Waals surface area (Å²) in [6, 6.07) is 6.15. The maximum atomic E-state index is 14.3. The van der Waals surface area contributed by atoms with Gasteiger partial charge < -0.3 is 4.52 Å². The topological polar surface area (TPSA) is 80.9 Å². The monoisotopic (exact) mass is 420 g/mol. The number of carbonyl (C=O) groups excluding carboxylic acids is 1. The maximum absolute atomic E-state index is 14.3. The molecule has 3 aromatic heterocycles. The molecule has 136 valence electrons. The number of hydrogen-bond acceptors (Lipinski definition) is 7. The van der Waals surface area contributed by atoms with Gasteiger partial charge in [-0.1, -0.05) is 34.2 Å². The van der Waals surface area contributed by atoms with Crippen molar-refractivity contribution < 1.29 is 13.7 Å². The molecule has 1 amide bonds. The number of aromatic nitrogens is 3. The number of halogens is 2. The van der Waals surface area contributed by atoms with Crippen LogP contribution in [-0.4, -0.2) is 21.3 Å². The maximum Gasteiger partial charge on any atom is 0.263 e. The fourth-order valence-corrected chi connectivity index (χ4v) is 4.17. The minimum Gasteiger partial charge on any atom is -0.360 e. The van der Waals surface area contributed by atoms with Crippen LogP contribution in [0.5, 0.6) is 0 Å². The van der Waals surface area contributed by atoms with Crippen LogP contribution in [0.3, 0.4) is 0 Å². The van der Waals surface area contributed by atoms with E-state index in [2.05, 4.69) is 20.7 Å². The van der Waals surface area contributed by atoms with Gasteiger partial charge in [-0.2, -0.15) is 11.3 Å². The molecule has 10 heteroatoms. The lowest BCUT2D eigenvalue weighted by Gasteiger charge is -2.05. The van der Waals surface area contributed by atoms with Crippen LogP contribution in [0, 0.1) is 12.7 Å². The van der Waals surface area contributed by atoms with Crippen LogP contribution in [-0.2, 0) is 0 Å². The van der Waals surface area contributed by atoms with Crippen molar-refractivity contribution in [2.24, 2.45) is 0 Å². The van der Waals surface area contributed by atoms with E-state index in [1.54, 1.807) is 18.3 Å². The summed E-state index contributed by atoms with van der Waals surface area (Å²) in [5, 5.41) is 19.5. The van der Waals surface area contributed by atoms with E-state index in [9.17, 15) is 9.18 Å². The third-order valence-corrected chi connectivity index (χ3v) is 5.59. The Balaban J connectivity index is 1.66. The number of nitrogens with one attached hydrogen (secondary N) is 1. The van der Waals surface area contributed by atoms with Crippen LogP contribution >= 0.6 is 34.3 Å². The standard InChI is InChI=1S/C17H10ClFN4O2S2/c1-8-12(14(23-25-8)13-10(18)3-2-4-11(13)19)15(24)20-17-22-21-16(27-17)9-5-6-26-7-9/h2-7H,1H3,(H,20,22,24). The van der Waals surface area contributed by atoms with Crippen LogP contribution in [0.15, 0.2) is 39.5 Å². The summed E-state index contributed by atoms with van der Waals surface area (Å²) >= 11 is 8.87. The van der Waals surface area contributed by atoms with Crippen LogP contribution in [0.2, 0.25) is 5.02 Å². The minimum atomic E-state index is -0.597. The third-order valence-electron chi connectivity index (χ3n) is 3.70. The molecule has 0 atom stereocenters. The molecule has 0 spiro atoms.